The van der Waals surface area contributed by atoms with E-state index in [2.05, 4.69) is 11.1 Å². The van der Waals surface area contributed by atoms with Gasteiger partial charge in [-0.15, -0.1) is 0 Å². The Hall–Kier alpha value is -3.35. The number of hydrogen-bond acceptors (Lipinski definition) is 4. The third-order valence-corrected chi connectivity index (χ3v) is 6.05. The maximum atomic E-state index is 13.1. The number of nitrogens with two attached hydrogens (primary N) is 1. The summed E-state index contributed by atoms with van der Waals surface area (Å²) in [7, 11) is 0. The number of H-pyrrole nitrogens is 1. The van der Waals surface area contributed by atoms with E-state index < -0.39 is 11.5 Å². The van der Waals surface area contributed by atoms with Crippen molar-refractivity contribution in [1.82, 2.24) is 9.88 Å². The van der Waals surface area contributed by atoms with E-state index in [4.69, 9.17) is 10.2 Å². The number of aryl methyl sites for hydroxylation is 3. The van der Waals surface area contributed by atoms with Crippen LogP contribution in [-0.4, -0.2) is 34.3 Å². The number of hydrogen-bond donors (Lipinski definition) is 2. The van der Waals surface area contributed by atoms with Gasteiger partial charge in [-0.2, -0.15) is 0 Å². The summed E-state index contributed by atoms with van der Waals surface area (Å²) in [6.45, 7) is 2.27. The molecule has 1 saturated heterocycles. The Labute approximate surface area is 180 Å². The number of benzene rings is 1. The molecule has 0 radical (unpaired) electrons. The summed E-state index contributed by atoms with van der Waals surface area (Å²) in [5, 5.41) is 1.15. The van der Waals surface area contributed by atoms with E-state index in [0.717, 1.165) is 29.3 Å². The smallest absolute Gasteiger partial charge is 0.349 e. The molecule has 31 heavy (non-hydrogen) atoms. The molecule has 1 atom stereocenters. The highest BCUT2D eigenvalue weighted by molar-refractivity contribution is 5.95. The SMILES string of the molecule is Cc1cc(CCc2c[nH]c3ccccc23)oc(=O)c1C(=O)N1CCCCC1CC(N)=O. The molecule has 0 bridgehead atoms. The van der Waals surface area contributed by atoms with E-state index in [9.17, 15) is 14.4 Å². The molecular weight excluding hydrogens is 394 g/mol. The Morgan fingerprint density at radius 1 is 1.23 bits per heavy atom. The number of piperidine rings is 1. The van der Waals surface area contributed by atoms with Gasteiger partial charge < -0.3 is 20.0 Å². The number of primary amides is 1. The van der Waals surface area contributed by atoms with Gasteiger partial charge in [-0.25, -0.2) is 4.79 Å². The molecule has 3 N–H and O–H groups in total. The topological polar surface area (TPSA) is 109 Å². The van der Waals surface area contributed by atoms with Gasteiger partial charge in [0.1, 0.15) is 11.3 Å². The van der Waals surface area contributed by atoms with Gasteiger partial charge in [-0.1, -0.05) is 18.2 Å². The standard InChI is InChI=1S/C24H27N3O4/c1-15-12-18(10-9-16-14-26-20-8-3-2-7-19(16)20)31-24(30)22(15)23(29)27-11-5-4-6-17(27)13-21(25)28/h2-3,7-8,12,14,17,26H,4-6,9-11,13H2,1H3,(H2,25,28). The van der Waals surface area contributed by atoms with Crippen molar-refractivity contribution in [2.75, 3.05) is 6.54 Å². The molecule has 1 unspecified atom stereocenters. The highest BCUT2D eigenvalue weighted by atomic mass is 16.4. The minimum absolute atomic E-state index is 0.0483. The maximum absolute atomic E-state index is 13.1. The molecule has 0 saturated carbocycles. The summed E-state index contributed by atoms with van der Waals surface area (Å²) in [5.74, 6) is -0.266. The molecule has 162 valence electrons. The van der Waals surface area contributed by atoms with Crippen LogP contribution < -0.4 is 11.4 Å². The van der Waals surface area contributed by atoms with Gasteiger partial charge in [0.05, 0.1) is 0 Å². The molecule has 1 fully saturated rings. The predicted molar refractivity (Wildman–Crippen MR) is 118 cm³/mol. The van der Waals surface area contributed by atoms with E-state index >= 15 is 0 Å². The average molecular weight is 421 g/mol. The van der Waals surface area contributed by atoms with Crippen LogP contribution >= 0.6 is 0 Å². The van der Waals surface area contributed by atoms with Crippen molar-refractivity contribution in [3.8, 4) is 0 Å². The van der Waals surface area contributed by atoms with E-state index in [1.807, 2.05) is 24.4 Å². The van der Waals surface area contributed by atoms with E-state index in [-0.39, 0.29) is 23.9 Å². The van der Waals surface area contributed by atoms with Crippen molar-refractivity contribution in [1.29, 1.82) is 0 Å². The van der Waals surface area contributed by atoms with Crippen LogP contribution in [0.25, 0.3) is 10.9 Å². The van der Waals surface area contributed by atoms with Crippen molar-refractivity contribution in [3.63, 3.8) is 0 Å². The summed E-state index contributed by atoms with van der Waals surface area (Å²) in [6, 6.07) is 9.57. The summed E-state index contributed by atoms with van der Waals surface area (Å²) in [6.07, 6.45) is 5.84. The first-order valence-electron chi connectivity index (χ1n) is 10.7. The van der Waals surface area contributed by atoms with Crippen molar-refractivity contribution >= 4 is 22.7 Å². The Balaban J connectivity index is 1.53. The first-order chi connectivity index (χ1) is 14.9. The van der Waals surface area contributed by atoms with Crippen LogP contribution in [0.4, 0.5) is 0 Å². The van der Waals surface area contributed by atoms with Crippen LogP contribution in [0, 0.1) is 6.92 Å². The summed E-state index contributed by atoms with van der Waals surface area (Å²) >= 11 is 0. The summed E-state index contributed by atoms with van der Waals surface area (Å²) in [5.41, 5.74) is 7.60. The molecule has 1 aliphatic rings. The average Bonchev–Trinajstić information content (AvgIpc) is 3.15. The molecule has 1 aromatic carbocycles. The van der Waals surface area contributed by atoms with Crippen molar-refractivity contribution in [2.45, 2.75) is 51.5 Å². The first-order valence-corrected chi connectivity index (χ1v) is 10.7. The summed E-state index contributed by atoms with van der Waals surface area (Å²) in [4.78, 5) is 42.1. The minimum Gasteiger partial charge on any atom is -0.427 e. The number of nitrogens with zero attached hydrogens (tertiary/aromatic N) is 1. The third kappa shape index (κ3) is 4.40. The number of aromatic amines is 1. The maximum Gasteiger partial charge on any atom is 0.349 e. The highest BCUT2D eigenvalue weighted by Crippen LogP contribution is 2.23. The molecule has 2 aromatic heterocycles. The fourth-order valence-electron chi connectivity index (χ4n) is 4.51. The third-order valence-electron chi connectivity index (χ3n) is 6.05. The Kier molecular flexibility index (Phi) is 5.93. The van der Waals surface area contributed by atoms with Gasteiger partial charge >= 0.3 is 5.63 Å². The molecule has 4 rings (SSSR count). The Morgan fingerprint density at radius 3 is 2.81 bits per heavy atom. The van der Waals surface area contributed by atoms with Crippen LogP contribution in [-0.2, 0) is 17.6 Å². The number of carbonyl (C=O) groups excluding carboxylic acids is 2. The van der Waals surface area contributed by atoms with Crippen LogP contribution in [0.2, 0.25) is 0 Å². The lowest BCUT2D eigenvalue weighted by molar-refractivity contribution is -0.119. The number of rotatable bonds is 6. The molecule has 3 aromatic rings. The Bertz CT molecular complexity index is 1180. The van der Waals surface area contributed by atoms with Crippen molar-refractivity contribution < 1.29 is 14.0 Å². The molecular formula is C24H27N3O4. The predicted octanol–water partition coefficient (Wildman–Crippen LogP) is 3.08. The first kappa shape index (κ1) is 20.9. The zero-order valence-electron chi connectivity index (χ0n) is 17.6. The van der Waals surface area contributed by atoms with E-state index in [1.54, 1.807) is 17.9 Å². The zero-order chi connectivity index (χ0) is 22.0. The number of nitrogens with one attached hydrogen (secondary N) is 1. The van der Waals surface area contributed by atoms with Gasteiger partial charge in [-0.3, -0.25) is 9.59 Å². The van der Waals surface area contributed by atoms with Gasteiger partial charge in [-0.05, 0) is 55.9 Å². The largest absolute Gasteiger partial charge is 0.427 e. The molecule has 7 heteroatoms. The van der Waals surface area contributed by atoms with E-state index in [0.29, 0.717) is 37.1 Å². The number of fused-ring (bicyclic) bond motifs is 1. The highest BCUT2D eigenvalue weighted by Gasteiger charge is 2.31. The van der Waals surface area contributed by atoms with Gasteiger partial charge in [0.2, 0.25) is 5.91 Å². The molecule has 2 amide bonds. The molecule has 3 heterocycles. The quantitative estimate of drug-likeness (QED) is 0.637. The second-order valence-electron chi connectivity index (χ2n) is 8.24. The van der Waals surface area contributed by atoms with Crippen molar-refractivity contribution in [2.24, 2.45) is 5.73 Å². The minimum atomic E-state index is -0.623. The number of para-hydroxylation sites is 1. The van der Waals surface area contributed by atoms with Crippen LogP contribution in [0.1, 0.15) is 52.9 Å². The number of aromatic nitrogens is 1. The normalized spacial score (nSPS) is 16.5. The fraction of sp³-hybridized carbons (Fsp3) is 0.375. The monoisotopic (exact) mass is 421 g/mol. The lowest BCUT2D eigenvalue weighted by Crippen LogP contribution is -2.47. The van der Waals surface area contributed by atoms with Crippen LogP contribution in [0.5, 0.6) is 0 Å². The second-order valence-corrected chi connectivity index (χ2v) is 8.24. The molecule has 7 nitrogen and oxygen atoms in total. The molecule has 0 aliphatic carbocycles. The lowest BCUT2D eigenvalue weighted by Gasteiger charge is -2.35. The lowest BCUT2D eigenvalue weighted by atomic mass is 9.97. The van der Waals surface area contributed by atoms with Crippen LogP contribution in [0.15, 0.2) is 45.7 Å². The number of carbonyl (C=O) groups is 2. The zero-order valence-corrected chi connectivity index (χ0v) is 17.6. The van der Waals surface area contributed by atoms with Crippen molar-refractivity contribution in [3.05, 3.63) is 69.4 Å². The van der Waals surface area contributed by atoms with Gasteiger partial charge in [0.25, 0.3) is 5.91 Å². The van der Waals surface area contributed by atoms with E-state index in [1.165, 1.54) is 0 Å². The molecule has 1 aliphatic heterocycles. The van der Waals surface area contributed by atoms with Gasteiger partial charge in [0.15, 0.2) is 0 Å². The molecule has 0 spiro atoms. The second kappa shape index (κ2) is 8.79. The van der Waals surface area contributed by atoms with Crippen LogP contribution in [0.3, 0.4) is 0 Å². The fourth-order valence-corrected chi connectivity index (χ4v) is 4.51. The number of likely N-dealkylation sites (tertiary alicyclic amines) is 1. The Morgan fingerprint density at radius 2 is 2.03 bits per heavy atom. The number of amides is 2. The van der Waals surface area contributed by atoms with Gasteiger partial charge in [0, 0.05) is 42.5 Å². The summed E-state index contributed by atoms with van der Waals surface area (Å²) < 4.78 is 5.52.